The molecule has 1 aromatic heterocycles. The van der Waals surface area contributed by atoms with Gasteiger partial charge < -0.3 is 14.5 Å². The molecule has 0 aliphatic rings. The van der Waals surface area contributed by atoms with Gasteiger partial charge in [-0.25, -0.2) is 4.98 Å². The third-order valence-electron chi connectivity index (χ3n) is 4.99. The van der Waals surface area contributed by atoms with Crippen molar-refractivity contribution in [3.8, 4) is 17.6 Å². The fourth-order valence-electron chi connectivity index (χ4n) is 3.29. The Labute approximate surface area is 209 Å². The second kappa shape index (κ2) is 9.88. The number of nitriles is 1. The summed E-state index contributed by atoms with van der Waals surface area (Å²) in [5, 5.41) is 10.9. The Balaban J connectivity index is 1.64. The number of rotatable bonds is 6. The van der Waals surface area contributed by atoms with Crippen molar-refractivity contribution >= 4 is 61.8 Å². The zero-order chi connectivity index (χ0) is 23.5. The highest BCUT2D eigenvalue weighted by Crippen LogP contribution is 2.36. The van der Waals surface area contributed by atoms with Crippen LogP contribution in [0.15, 0.2) is 53.0 Å². The van der Waals surface area contributed by atoms with Gasteiger partial charge in [0.1, 0.15) is 18.5 Å². The molecule has 5 nitrogen and oxygen atoms in total. The molecule has 0 aliphatic heterocycles. The normalized spacial score (nSPS) is 11.5. The van der Waals surface area contributed by atoms with Crippen LogP contribution in [0.25, 0.3) is 22.7 Å². The number of nitrogens with one attached hydrogen (secondary N) is 1. The zero-order valence-corrected chi connectivity index (χ0v) is 20.8. The first kappa shape index (κ1) is 23.2. The molecule has 1 heterocycles. The number of nitrogens with zero attached hydrogens (tertiary/aromatic N) is 2. The van der Waals surface area contributed by atoms with Gasteiger partial charge in [0, 0.05) is 20.1 Å². The molecule has 33 heavy (non-hydrogen) atoms. The summed E-state index contributed by atoms with van der Waals surface area (Å²) in [6.07, 6.45) is 1.75. The molecular weight excluding hydrogens is 525 g/mol. The van der Waals surface area contributed by atoms with Crippen molar-refractivity contribution in [3.05, 3.63) is 85.6 Å². The van der Waals surface area contributed by atoms with Crippen molar-refractivity contribution in [1.82, 2.24) is 9.97 Å². The highest BCUT2D eigenvalue weighted by Gasteiger charge is 2.14. The van der Waals surface area contributed by atoms with Gasteiger partial charge in [-0.3, -0.25) is 0 Å². The van der Waals surface area contributed by atoms with Crippen LogP contribution in [-0.2, 0) is 6.61 Å². The molecule has 8 heteroatoms. The number of aromatic nitrogens is 2. The highest BCUT2D eigenvalue weighted by atomic mass is 79.9. The van der Waals surface area contributed by atoms with Crippen LogP contribution < -0.4 is 9.47 Å². The fourth-order valence-corrected chi connectivity index (χ4v) is 4.19. The van der Waals surface area contributed by atoms with Gasteiger partial charge in [0.05, 0.1) is 23.7 Å². The predicted octanol–water partition coefficient (Wildman–Crippen LogP) is 7.59. The van der Waals surface area contributed by atoms with Crippen LogP contribution in [0.1, 0.15) is 22.5 Å². The van der Waals surface area contributed by atoms with E-state index in [1.54, 1.807) is 37.5 Å². The minimum absolute atomic E-state index is 0.246. The van der Waals surface area contributed by atoms with Crippen molar-refractivity contribution in [1.29, 1.82) is 5.26 Å². The summed E-state index contributed by atoms with van der Waals surface area (Å²) in [6.45, 7) is 2.25. The number of imidazole rings is 1. The van der Waals surface area contributed by atoms with E-state index in [9.17, 15) is 5.26 Å². The first-order valence-electron chi connectivity index (χ1n) is 9.90. The molecule has 0 spiro atoms. The van der Waals surface area contributed by atoms with Gasteiger partial charge in [-0.05, 0) is 60.5 Å². The van der Waals surface area contributed by atoms with Crippen LogP contribution in [0.4, 0.5) is 0 Å². The maximum atomic E-state index is 9.78. The molecule has 3 aromatic carbocycles. The summed E-state index contributed by atoms with van der Waals surface area (Å²) in [7, 11) is 1.56. The number of benzene rings is 3. The Kier molecular flexibility index (Phi) is 6.94. The van der Waals surface area contributed by atoms with Crippen molar-refractivity contribution in [2.45, 2.75) is 13.5 Å². The van der Waals surface area contributed by atoms with E-state index in [2.05, 4.69) is 32.0 Å². The number of hydrogen-bond donors (Lipinski definition) is 1. The standard InChI is InChI=1S/C25H18BrCl2N3O2/c1-14-3-6-21-22(7-14)31-25(30-21)17(12-29)8-16-9-23(32-2)24(11-19(16)26)33-13-15-4-5-18(27)10-20(15)28/h3-11H,13H2,1-2H3,(H,30,31)/b17-8-. The topological polar surface area (TPSA) is 70.9 Å². The first-order chi connectivity index (χ1) is 15.9. The van der Waals surface area contributed by atoms with E-state index >= 15 is 0 Å². The van der Waals surface area contributed by atoms with Crippen molar-refractivity contribution in [3.63, 3.8) is 0 Å². The molecule has 166 valence electrons. The molecule has 0 unspecified atom stereocenters. The molecular formula is C25H18BrCl2N3O2. The summed E-state index contributed by atoms with van der Waals surface area (Å²) in [6, 6.07) is 17.0. The van der Waals surface area contributed by atoms with E-state index in [4.69, 9.17) is 32.7 Å². The Morgan fingerprint density at radius 3 is 2.70 bits per heavy atom. The lowest BCUT2D eigenvalue weighted by Crippen LogP contribution is -1.99. The van der Waals surface area contributed by atoms with Crippen LogP contribution in [0.2, 0.25) is 10.0 Å². The Morgan fingerprint density at radius 1 is 1.15 bits per heavy atom. The quantitative estimate of drug-likeness (QED) is 0.255. The fraction of sp³-hybridized carbons (Fsp3) is 0.120. The molecule has 1 N–H and O–H groups in total. The molecule has 0 saturated heterocycles. The number of halogens is 3. The molecule has 0 atom stereocenters. The molecule has 0 bridgehead atoms. The number of methoxy groups -OCH3 is 1. The molecule has 0 radical (unpaired) electrons. The van der Waals surface area contributed by atoms with Gasteiger partial charge in [0.25, 0.3) is 0 Å². The second-order valence-corrected chi connectivity index (χ2v) is 9.02. The molecule has 0 fully saturated rings. The number of fused-ring (bicyclic) bond motifs is 1. The van der Waals surface area contributed by atoms with E-state index < -0.39 is 0 Å². The Bertz CT molecular complexity index is 1420. The minimum Gasteiger partial charge on any atom is -0.493 e. The van der Waals surface area contributed by atoms with Gasteiger partial charge in [-0.1, -0.05) is 51.3 Å². The van der Waals surface area contributed by atoms with Gasteiger partial charge >= 0.3 is 0 Å². The summed E-state index contributed by atoms with van der Waals surface area (Å²) < 4.78 is 12.2. The average Bonchev–Trinajstić information content (AvgIpc) is 3.20. The highest BCUT2D eigenvalue weighted by molar-refractivity contribution is 9.10. The lowest BCUT2D eigenvalue weighted by molar-refractivity contribution is 0.284. The zero-order valence-electron chi connectivity index (χ0n) is 17.7. The van der Waals surface area contributed by atoms with Crippen molar-refractivity contribution in [2.75, 3.05) is 7.11 Å². The predicted molar refractivity (Wildman–Crippen MR) is 136 cm³/mol. The Morgan fingerprint density at radius 2 is 1.97 bits per heavy atom. The van der Waals surface area contributed by atoms with Crippen LogP contribution in [0.5, 0.6) is 11.5 Å². The number of H-pyrrole nitrogens is 1. The minimum atomic E-state index is 0.246. The molecule has 0 aliphatic carbocycles. The SMILES string of the molecule is COc1cc(/C=C(/C#N)c2nc3ccc(C)cc3[nH]2)c(Br)cc1OCc1ccc(Cl)cc1Cl. The van der Waals surface area contributed by atoms with Crippen molar-refractivity contribution < 1.29 is 9.47 Å². The maximum Gasteiger partial charge on any atom is 0.162 e. The first-order valence-corrected chi connectivity index (χ1v) is 11.5. The largest absolute Gasteiger partial charge is 0.493 e. The van der Waals surface area contributed by atoms with Crippen LogP contribution in [0, 0.1) is 18.3 Å². The molecule has 0 amide bonds. The van der Waals surface area contributed by atoms with Gasteiger partial charge in [-0.2, -0.15) is 5.26 Å². The molecule has 0 saturated carbocycles. The van der Waals surface area contributed by atoms with E-state index in [0.29, 0.717) is 32.9 Å². The van der Waals surface area contributed by atoms with Crippen LogP contribution in [0.3, 0.4) is 0 Å². The van der Waals surface area contributed by atoms with Gasteiger partial charge in [0.2, 0.25) is 0 Å². The number of allylic oxidation sites excluding steroid dienone is 1. The lowest BCUT2D eigenvalue weighted by Gasteiger charge is -2.14. The van der Waals surface area contributed by atoms with E-state index in [1.165, 1.54) is 0 Å². The summed E-state index contributed by atoms with van der Waals surface area (Å²) in [5.41, 5.74) is 4.74. The summed E-state index contributed by atoms with van der Waals surface area (Å²) in [5.74, 6) is 1.55. The second-order valence-electron chi connectivity index (χ2n) is 7.32. The smallest absolute Gasteiger partial charge is 0.162 e. The van der Waals surface area contributed by atoms with Gasteiger partial charge in [-0.15, -0.1) is 0 Å². The third kappa shape index (κ3) is 5.17. The third-order valence-corrected chi connectivity index (χ3v) is 6.27. The van der Waals surface area contributed by atoms with E-state index in [-0.39, 0.29) is 6.61 Å². The number of aromatic amines is 1. The average molecular weight is 543 g/mol. The van der Waals surface area contributed by atoms with E-state index in [0.717, 1.165) is 32.2 Å². The molecule has 4 aromatic rings. The summed E-state index contributed by atoms with van der Waals surface area (Å²) >= 11 is 15.8. The van der Waals surface area contributed by atoms with Crippen LogP contribution >= 0.6 is 39.1 Å². The van der Waals surface area contributed by atoms with Crippen LogP contribution in [-0.4, -0.2) is 17.1 Å². The summed E-state index contributed by atoms with van der Waals surface area (Å²) in [4.78, 5) is 7.77. The Hall–Kier alpha value is -2.98. The number of ether oxygens (including phenoxy) is 2. The molecule has 4 rings (SSSR count). The van der Waals surface area contributed by atoms with E-state index in [1.807, 2.05) is 31.2 Å². The number of hydrogen-bond acceptors (Lipinski definition) is 4. The maximum absolute atomic E-state index is 9.78. The lowest BCUT2D eigenvalue weighted by atomic mass is 10.1. The van der Waals surface area contributed by atoms with Gasteiger partial charge in [0.15, 0.2) is 11.5 Å². The monoisotopic (exact) mass is 541 g/mol. The van der Waals surface area contributed by atoms with Crippen molar-refractivity contribution in [2.24, 2.45) is 0 Å². The number of aryl methyl sites for hydroxylation is 1.